The van der Waals surface area contributed by atoms with Crippen LogP contribution in [0.15, 0.2) is 24.3 Å². The summed E-state index contributed by atoms with van der Waals surface area (Å²) in [7, 11) is -9.92. The van der Waals surface area contributed by atoms with E-state index in [-0.39, 0.29) is 25.7 Å². The molecule has 6 atom stereocenters. The van der Waals surface area contributed by atoms with Gasteiger partial charge in [0.15, 0.2) is 12.2 Å². The Morgan fingerprint density at radius 1 is 0.337 bits per heavy atom. The molecule has 0 spiro atoms. The van der Waals surface area contributed by atoms with Crippen molar-refractivity contribution in [3.05, 3.63) is 24.3 Å². The number of hydrogen-bond acceptors (Lipinski definition) is 15. The van der Waals surface area contributed by atoms with Gasteiger partial charge in [-0.1, -0.05) is 336 Å². The highest BCUT2D eigenvalue weighted by Crippen LogP contribution is 2.45. The first-order valence-corrected chi connectivity index (χ1v) is 43.3. The monoisotopic (exact) mass is 1430 g/mol. The van der Waals surface area contributed by atoms with Gasteiger partial charge in [-0.3, -0.25) is 37.3 Å². The third-order valence-corrected chi connectivity index (χ3v) is 20.1. The molecule has 0 aliphatic carbocycles. The number of ether oxygens (including phenoxy) is 4. The summed E-state index contributed by atoms with van der Waals surface area (Å²) in [5.74, 6) is -0.597. The highest BCUT2D eigenvalue weighted by Gasteiger charge is 2.30. The fourth-order valence-electron chi connectivity index (χ4n) is 11.6. The maximum Gasteiger partial charge on any atom is 0.472 e. The minimum absolute atomic E-state index is 0.101. The molecule has 19 heteroatoms. The van der Waals surface area contributed by atoms with Crippen LogP contribution in [0.1, 0.15) is 388 Å². The van der Waals surface area contributed by atoms with E-state index in [0.717, 1.165) is 121 Å². The van der Waals surface area contributed by atoms with Gasteiger partial charge >= 0.3 is 39.5 Å². The summed E-state index contributed by atoms with van der Waals surface area (Å²) >= 11 is 0. The zero-order valence-corrected chi connectivity index (χ0v) is 65.4. The molecule has 0 aromatic heterocycles. The Morgan fingerprint density at radius 3 is 0.918 bits per heavy atom. The van der Waals surface area contributed by atoms with Crippen LogP contribution in [0.5, 0.6) is 0 Å². The number of phosphoric acid groups is 2. The summed E-state index contributed by atoms with van der Waals surface area (Å²) in [4.78, 5) is 72.8. The summed E-state index contributed by atoms with van der Waals surface area (Å²) in [5.41, 5.74) is 0. The van der Waals surface area contributed by atoms with E-state index in [0.29, 0.717) is 31.6 Å². The van der Waals surface area contributed by atoms with E-state index in [4.69, 9.17) is 37.0 Å². The summed E-state index contributed by atoms with van der Waals surface area (Å²) in [5, 5.41) is 10.6. The van der Waals surface area contributed by atoms with Crippen LogP contribution in [0.2, 0.25) is 0 Å². The van der Waals surface area contributed by atoms with Crippen LogP contribution in [0, 0.1) is 11.8 Å². The smallest absolute Gasteiger partial charge is 0.462 e. The third-order valence-electron chi connectivity index (χ3n) is 18.2. The zero-order chi connectivity index (χ0) is 72.1. The second-order valence-corrected chi connectivity index (χ2v) is 31.4. The molecule has 0 bridgehead atoms. The average molecular weight is 1430 g/mol. The van der Waals surface area contributed by atoms with Gasteiger partial charge in [0.05, 0.1) is 26.4 Å². The first kappa shape index (κ1) is 95.5. The number of aliphatic hydroxyl groups excluding tert-OH is 1. The first-order chi connectivity index (χ1) is 47.4. The normalized spacial score (nSPS) is 14.4. The van der Waals surface area contributed by atoms with Gasteiger partial charge in [-0.05, 0) is 63.2 Å². The minimum Gasteiger partial charge on any atom is -0.462 e. The van der Waals surface area contributed by atoms with E-state index in [1.807, 2.05) is 0 Å². The van der Waals surface area contributed by atoms with Gasteiger partial charge in [0, 0.05) is 25.7 Å². The Kier molecular flexibility index (Phi) is 68.5. The molecule has 17 nitrogen and oxygen atoms in total. The van der Waals surface area contributed by atoms with Crippen molar-refractivity contribution in [2.75, 3.05) is 39.6 Å². The van der Waals surface area contributed by atoms with Crippen LogP contribution in [0.4, 0.5) is 0 Å². The Labute approximate surface area is 599 Å². The molecule has 0 aromatic carbocycles. The Bertz CT molecular complexity index is 1990. The van der Waals surface area contributed by atoms with Gasteiger partial charge in [0.2, 0.25) is 0 Å². The van der Waals surface area contributed by atoms with Gasteiger partial charge < -0.3 is 33.8 Å². The van der Waals surface area contributed by atoms with E-state index in [9.17, 15) is 43.2 Å². The molecule has 0 aromatic rings. The van der Waals surface area contributed by atoms with Crippen molar-refractivity contribution in [2.45, 2.75) is 407 Å². The molecule has 0 fully saturated rings. The molecule has 0 amide bonds. The second kappa shape index (κ2) is 70.2. The van der Waals surface area contributed by atoms with Gasteiger partial charge in [0.25, 0.3) is 0 Å². The van der Waals surface area contributed by atoms with Gasteiger partial charge in [-0.25, -0.2) is 9.13 Å². The maximum absolute atomic E-state index is 13.1. The molecule has 0 saturated carbocycles. The molecular weight excluding hydrogens is 1280 g/mol. The number of esters is 4. The van der Waals surface area contributed by atoms with Crippen molar-refractivity contribution in [2.24, 2.45) is 11.8 Å². The van der Waals surface area contributed by atoms with Crippen LogP contribution in [0.3, 0.4) is 0 Å². The molecule has 0 radical (unpaired) electrons. The standard InChI is InChI=1S/C79H150O17P2/c1-7-10-12-14-16-18-20-22-27-31-35-38-42-49-55-61-76(81)89-67-74(95-79(84)64-58-52-44-40-36-32-29-26-24-23-25-28-30-33-37-41-48-54-60-72(6)9-3)69-93-97(85,86)91-65-73(80)66-92-98(87,88)94-70-75(68-90-77(82)62-56-50-46-45-47-53-59-71(4)5)96-78(83)63-57-51-43-39-34-21-19-17-15-13-11-8-2/h18,20,22,27,71-75,80H,7-17,19,21,23-26,28-70H2,1-6H3,(H,85,86)(H,87,88)/b20-18-,27-22-/t72?,73-,74-,75-/m1/s1. The number of allylic oxidation sites excluding steroid dienone is 4. The SMILES string of the molecule is CCCCCC/C=C\C=C/CCCCCCCC(=O)OC[C@H](COP(=O)(O)OC[C@@H](O)COP(=O)(O)OC[C@@H](COC(=O)CCCCCCCCC(C)C)OC(=O)CCCCCCCCCCCCCC)OC(=O)CCCCCCCCCCCCCCCCCCCCC(C)CC. The van der Waals surface area contributed by atoms with E-state index in [1.165, 1.54) is 180 Å². The van der Waals surface area contributed by atoms with Crippen LogP contribution in [0.25, 0.3) is 0 Å². The lowest BCUT2D eigenvalue weighted by Crippen LogP contribution is -2.30. The number of hydrogen-bond donors (Lipinski definition) is 3. The number of unbranched alkanes of at least 4 members (excludes halogenated alkanes) is 42. The number of rotatable bonds is 76. The minimum atomic E-state index is -4.97. The molecule has 0 rings (SSSR count). The molecule has 0 heterocycles. The maximum atomic E-state index is 13.1. The quantitative estimate of drug-likeness (QED) is 0.0169. The number of carbonyl (C=O) groups excluding carboxylic acids is 4. The van der Waals surface area contributed by atoms with E-state index >= 15 is 0 Å². The lowest BCUT2D eigenvalue weighted by atomic mass is 9.99. The van der Waals surface area contributed by atoms with E-state index in [1.54, 1.807) is 0 Å². The van der Waals surface area contributed by atoms with Crippen molar-refractivity contribution in [3.63, 3.8) is 0 Å². The molecular formula is C79H150O17P2. The number of carbonyl (C=O) groups is 4. The van der Waals surface area contributed by atoms with Crippen molar-refractivity contribution in [3.8, 4) is 0 Å². The lowest BCUT2D eigenvalue weighted by Gasteiger charge is -2.21. The molecule has 0 aliphatic rings. The van der Waals surface area contributed by atoms with Crippen LogP contribution in [-0.2, 0) is 65.4 Å². The van der Waals surface area contributed by atoms with Crippen LogP contribution >= 0.6 is 15.6 Å². The van der Waals surface area contributed by atoms with Gasteiger partial charge in [0.1, 0.15) is 19.3 Å². The predicted molar refractivity (Wildman–Crippen MR) is 400 cm³/mol. The second-order valence-electron chi connectivity index (χ2n) is 28.5. The van der Waals surface area contributed by atoms with Crippen molar-refractivity contribution < 1.29 is 80.2 Å². The summed E-state index contributed by atoms with van der Waals surface area (Å²) in [6.45, 7) is 9.53. The van der Waals surface area contributed by atoms with E-state index < -0.39 is 97.5 Å². The summed E-state index contributed by atoms with van der Waals surface area (Å²) in [6.07, 6.45) is 62.0. The fourth-order valence-corrected chi connectivity index (χ4v) is 13.2. The predicted octanol–water partition coefficient (Wildman–Crippen LogP) is 23.1. The zero-order valence-electron chi connectivity index (χ0n) is 63.6. The third kappa shape index (κ3) is 70.6. The topological polar surface area (TPSA) is 237 Å². The number of phosphoric ester groups is 2. The molecule has 98 heavy (non-hydrogen) atoms. The summed E-state index contributed by atoms with van der Waals surface area (Å²) < 4.78 is 68.5. The molecule has 3 N–H and O–H groups in total. The summed E-state index contributed by atoms with van der Waals surface area (Å²) in [6, 6.07) is 0. The molecule has 578 valence electrons. The average Bonchev–Trinajstić information content (AvgIpc) is 1.20. The van der Waals surface area contributed by atoms with Crippen molar-refractivity contribution in [1.29, 1.82) is 0 Å². The Balaban J connectivity index is 5.22. The molecule has 0 aliphatic heterocycles. The molecule has 0 saturated heterocycles. The van der Waals surface area contributed by atoms with Gasteiger partial charge in [-0.15, -0.1) is 0 Å². The van der Waals surface area contributed by atoms with Crippen molar-refractivity contribution >= 4 is 39.5 Å². The Morgan fingerprint density at radius 2 is 0.602 bits per heavy atom. The number of aliphatic hydroxyl groups is 1. The highest BCUT2D eigenvalue weighted by molar-refractivity contribution is 7.47. The van der Waals surface area contributed by atoms with Crippen LogP contribution < -0.4 is 0 Å². The highest BCUT2D eigenvalue weighted by atomic mass is 31.2. The van der Waals surface area contributed by atoms with Crippen molar-refractivity contribution in [1.82, 2.24) is 0 Å². The van der Waals surface area contributed by atoms with Crippen LogP contribution in [-0.4, -0.2) is 96.7 Å². The van der Waals surface area contributed by atoms with Gasteiger partial charge in [-0.2, -0.15) is 0 Å². The lowest BCUT2D eigenvalue weighted by molar-refractivity contribution is -0.161. The Hall–Kier alpha value is -2.46. The first-order valence-electron chi connectivity index (χ1n) is 40.3. The fraction of sp³-hybridized carbons (Fsp3) is 0.899. The largest absolute Gasteiger partial charge is 0.472 e. The molecule has 3 unspecified atom stereocenters. The van der Waals surface area contributed by atoms with E-state index in [2.05, 4.69) is 65.8 Å².